The van der Waals surface area contributed by atoms with Crippen molar-refractivity contribution in [3.8, 4) is 17.2 Å². The number of hydrogen-bond donors (Lipinski definition) is 2. The lowest BCUT2D eigenvalue weighted by Gasteiger charge is -2.17. The van der Waals surface area contributed by atoms with Crippen LogP contribution >= 0.6 is 35.4 Å². The van der Waals surface area contributed by atoms with E-state index in [1.807, 2.05) is 13.0 Å². The third-order valence-electron chi connectivity index (χ3n) is 4.23. The van der Waals surface area contributed by atoms with Gasteiger partial charge in [-0.05, 0) is 66.7 Å². The molecule has 162 valence electrons. The minimum absolute atomic E-state index is 0.0394. The van der Waals surface area contributed by atoms with Crippen LogP contribution in [0.4, 0.5) is 0 Å². The molecular weight excluding hydrogens is 463 g/mol. The fraction of sp³-hybridized carbons (Fsp3) is 0.190. The zero-order valence-corrected chi connectivity index (χ0v) is 18.9. The quantitative estimate of drug-likeness (QED) is 0.272. The van der Waals surface area contributed by atoms with Gasteiger partial charge in [0.15, 0.2) is 16.6 Å². The SMILES string of the molecule is COc1cc(C=C2C(=O)NC(=S)NC2=O)cc(Cl)c1OCCOc1ccc(Cl)c(C)c1. The summed E-state index contributed by atoms with van der Waals surface area (Å²) in [6, 6.07) is 8.53. The molecule has 10 heteroatoms. The minimum Gasteiger partial charge on any atom is -0.493 e. The highest BCUT2D eigenvalue weighted by atomic mass is 35.5. The van der Waals surface area contributed by atoms with Crippen molar-refractivity contribution in [2.75, 3.05) is 20.3 Å². The summed E-state index contributed by atoms with van der Waals surface area (Å²) >= 11 is 17.1. The lowest BCUT2D eigenvalue weighted by molar-refractivity contribution is -0.123. The molecule has 7 nitrogen and oxygen atoms in total. The summed E-state index contributed by atoms with van der Waals surface area (Å²) in [5, 5.41) is 5.62. The Kier molecular flexibility index (Phi) is 7.37. The molecule has 2 N–H and O–H groups in total. The molecule has 0 atom stereocenters. The molecule has 0 unspecified atom stereocenters. The normalized spacial score (nSPS) is 13.4. The largest absolute Gasteiger partial charge is 0.493 e. The zero-order chi connectivity index (χ0) is 22.5. The molecule has 0 radical (unpaired) electrons. The first-order chi connectivity index (χ1) is 14.8. The van der Waals surface area contributed by atoms with Crippen LogP contribution in [0.15, 0.2) is 35.9 Å². The Labute approximate surface area is 194 Å². The minimum atomic E-state index is -0.598. The molecule has 0 spiro atoms. The van der Waals surface area contributed by atoms with E-state index in [0.29, 0.717) is 27.8 Å². The Morgan fingerprint density at radius 1 is 1.00 bits per heavy atom. The number of hydrogen-bond acceptors (Lipinski definition) is 6. The summed E-state index contributed by atoms with van der Waals surface area (Å²) in [5.74, 6) is 0.140. The molecule has 1 aliphatic rings. The van der Waals surface area contributed by atoms with Crippen molar-refractivity contribution in [3.63, 3.8) is 0 Å². The monoisotopic (exact) mass is 480 g/mol. The van der Waals surface area contributed by atoms with Gasteiger partial charge in [-0.25, -0.2) is 0 Å². The highest BCUT2D eigenvalue weighted by Gasteiger charge is 2.26. The summed E-state index contributed by atoms with van der Waals surface area (Å²) in [5.41, 5.74) is 1.29. The fourth-order valence-corrected chi connectivity index (χ4v) is 3.32. The number of ether oxygens (including phenoxy) is 3. The zero-order valence-electron chi connectivity index (χ0n) is 16.6. The summed E-state index contributed by atoms with van der Waals surface area (Å²) in [4.78, 5) is 24.0. The number of benzene rings is 2. The first-order valence-electron chi connectivity index (χ1n) is 9.06. The van der Waals surface area contributed by atoms with E-state index >= 15 is 0 Å². The van der Waals surface area contributed by atoms with Gasteiger partial charge in [0.25, 0.3) is 11.8 Å². The maximum absolute atomic E-state index is 12.0. The van der Waals surface area contributed by atoms with E-state index in [-0.39, 0.29) is 28.9 Å². The number of rotatable bonds is 7. The second kappa shape index (κ2) is 10.00. The maximum atomic E-state index is 12.0. The van der Waals surface area contributed by atoms with Gasteiger partial charge in [-0.15, -0.1) is 0 Å². The summed E-state index contributed by atoms with van der Waals surface area (Å²) in [6.45, 7) is 2.37. The summed E-state index contributed by atoms with van der Waals surface area (Å²) in [6.07, 6.45) is 1.39. The van der Waals surface area contributed by atoms with E-state index in [0.717, 1.165) is 5.56 Å². The average Bonchev–Trinajstić information content (AvgIpc) is 2.71. The van der Waals surface area contributed by atoms with Crippen molar-refractivity contribution in [1.82, 2.24) is 10.6 Å². The van der Waals surface area contributed by atoms with Crippen molar-refractivity contribution in [2.45, 2.75) is 6.92 Å². The maximum Gasteiger partial charge on any atom is 0.263 e. The van der Waals surface area contributed by atoms with Crippen LogP contribution in [0.3, 0.4) is 0 Å². The number of amides is 2. The standard InChI is InChI=1S/C21H18Cl2N2O5S/c1-11-7-13(3-4-15(11)22)29-5-6-30-18-16(23)9-12(10-17(18)28-2)8-14-19(26)24-21(31)25-20(14)27/h3-4,7-10H,5-6H2,1-2H3,(H2,24,25,26,27,31). The predicted octanol–water partition coefficient (Wildman–Crippen LogP) is 3.68. The number of methoxy groups -OCH3 is 1. The number of nitrogens with one attached hydrogen (secondary N) is 2. The highest BCUT2D eigenvalue weighted by Crippen LogP contribution is 2.37. The van der Waals surface area contributed by atoms with Crippen LogP contribution in [0, 0.1) is 6.92 Å². The molecule has 1 aliphatic heterocycles. The van der Waals surface area contributed by atoms with Gasteiger partial charge in [-0.1, -0.05) is 23.2 Å². The van der Waals surface area contributed by atoms with E-state index in [2.05, 4.69) is 10.6 Å². The Morgan fingerprint density at radius 3 is 2.32 bits per heavy atom. The second-order valence-corrected chi connectivity index (χ2v) is 7.66. The molecule has 0 aromatic heterocycles. The molecule has 0 bridgehead atoms. The Balaban J connectivity index is 1.70. The third-order valence-corrected chi connectivity index (χ3v) is 5.14. The lowest BCUT2D eigenvalue weighted by Crippen LogP contribution is -2.51. The molecule has 1 saturated heterocycles. The van der Waals surface area contributed by atoms with Gasteiger partial charge in [-0.2, -0.15) is 0 Å². The Morgan fingerprint density at radius 2 is 1.68 bits per heavy atom. The van der Waals surface area contributed by atoms with Crippen LogP contribution in [0.5, 0.6) is 17.2 Å². The number of thiocarbonyl (C=S) groups is 1. The molecule has 1 heterocycles. The van der Waals surface area contributed by atoms with E-state index < -0.39 is 11.8 Å². The van der Waals surface area contributed by atoms with Crippen LogP contribution < -0.4 is 24.8 Å². The van der Waals surface area contributed by atoms with Crippen molar-refractivity contribution in [2.24, 2.45) is 0 Å². The molecule has 0 aliphatic carbocycles. The van der Waals surface area contributed by atoms with Gasteiger partial charge in [0.1, 0.15) is 24.5 Å². The number of carbonyl (C=O) groups is 2. The van der Waals surface area contributed by atoms with Crippen LogP contribution in [-0.2, 0) is 9.59 Å². The van der Waals surface area contributed by atoms with Crippen molar-refractivity contribution < 1.29 is 23.8 Å². The fourth-order valence-electron chi connectivity index (χ4n) is 2.75. The van der Waals surface area contributed by atoms with Gasteiger partial charge in [0, 0.05) is 5.02 Å². The summed E-state index contributed by atoms with van der Waals surface area (Å²) in [7, 11) is 1.46. The van der Waals surface area contributed by atoms with Crippen LogP contribution in [0.1, 0.15) is 11.1 Å². The second-order valence-electron chi connectivity index (χ2n) is 6.44. The molecule has 2 aromatic rings. The smallest absolute Gasteiger partial charge is 0.263 e. The van der Waals surface area contributed by atoms with Gasteiger partial charge in [-0.3, -0.25) is 20.2 Å². The molecule has 31 heavy (non-hydrogen) atoms. The molecule has 2 aromatic carbocycles. The lowest BCUT2D eigenvalue weighted by atomic mass is 10.1. The molecular formula is C21H18Cl2N2O5S. The van der Waals surface area contributed by atoms with Gasteiger partial charge < -0.3 is 14.2 Å². The average molecular weight is 481 g/mol. The Hall–Kier alpha value is -2.81. The van der Waals surface area contributed by atoms with Crippen LogP contribution in [0.2, 0.25) is 10.0 Å². The Bertz CT molecular complexity index is 1070. The van der Waals surface area contributed by atoms with Crippen molar-refractivity contribution in [3.05, 3.63) is 57.1 Å². The van der Waals surface area contributed by atoms with Crippen LogP contribution in [-0.4, -0.2) is 37.3 Å². The number of aryl methyl sites for hydroxylation is 1. The van der Waals surface area contributed by atoms with E-state index in [1.54, 1.807) is 24.3 Å². The van der Waals surface area contributed by atoms with Crippen LogP contribution in [0.25, 0.3) is 6.08 Å². The topological polar surface area (TPSA) is 85.9 Å². The van der Waals surface area contributed by atoms with E-state index in [4.69, 9.17) is 49.6 Å². The van der Waals surface area contributed by atoms with E-state index in [1.165, 1.54) is 13.2 Å². The molecule has 0 saturated carbocycles. The predicted molar refractivity (Wildman–Crippen MR) is 122 cm³/mol. The molecule has 3 rings (SSSR count). The molecule has 2 amide bonds. The first-order valence-corrected chi connectivity index (χ1v) is 10.2. The van der Waals surface area contributed by atoms with E-state index in [9.17, 15) is 9.59 Å². The first kappa shape index (κ1) is 22.9. The third kappa shape index (κ3) is 5.66. The van der Waals surface area contributed by atoms with Crippen molar-refractivity contribution >= 4 is 58.4 Å². The molecule has 1 fully saturated rings. The van der Waals surface area contributed by atoms with Crippen molar-refractivity contribution in [1.29, 1.82) is 0 Å². The number of halogens is 2. The van der Waals surface area contributed by atoms with Gasteiger partial charge >= 0.3 is 0 Å². The van der Waals surface area contributed by atoms with Gasteiger partial charge in [0.05, 0.1) is 12.1 Å². The summed E-state index contributed by atoms with van der Waals surface area (Å²) < 4.78 is 16.7. The highest BCUT2D eigenvalue weighted by molar-refractivity contribution is 7.80. The number of carbonyl (C=O) groups excluding carboxylic acids is 2. The van der Waals surface area contributed by atoms with Gasteiger partial charge in [0.2, 0.25) is 0 Å².